The van der Waals surface area contributed by atoms with Gasteiger partial charge < -0.3 is 5.73 Å². The van der Waals surface area contributed by atoms with Crippen LogP contribution in [0.15, 0.2) is 48.6 Å². The van der Waals surface area contributed by atoms with Crippen molar-refractivity contribution < 1.29 is 4.39 Å². The molecule has 0 amide bonds. The van der Waals surface area contributed by atoms with Gasteiger partial charge in [0.05, 0.1) is 6.04 Å². The molecule has 1 aromatic carbocycles. The van der Waals surface area contributed by atoms with Crippen LogP contribution in [0.1, 0.15) is 12.5 Å². The molecule has 0 fully saturated rings. The van der Waals surface area contributed by atoms with E-state index in [0.29, 0.717) is 5.57 Å². The van der Waals surface area contributed by atoms with Gasteiger partial charge in [0, 0.05) is 0 Å². The second-order valence-electron chi connectivity index (χ2n) is 3.93. The van der Waals surface area contributed by atoms with Crippen molar-refractivity contribution in [1.29, 1.82) is 0 Å². The van der Waals surface area contributed by atoms with E-state index in [-0.39, 0.29) is 0 Å². The average Bonchev–Trinajstić information content (AvgIpc) is 2.23. The van der Waals surface area contributed by atoms with Gasteiger partial charge in [-0.25, -0.2) is 4.39 Å². The van der Waals surface area contributed by atoms with E-state index in [9.17, 15) is 4.39 Å². The van der Waals surface area contributed by atoms with Crippen LogP contribution in [0, 0.1) is 0 Å². The van der Waals surface area contributed by atoms with Crippen LogP contribution in [0.25, 0.3) is 5.57 Å². The average molecular weight is 203 g/mol. The molecule has 15 heavy (non-hydrogen) atoms. The summed E-state index contributed by atoms with van der Waals surface area (Å²) >= 11 is 0. The summed E-state index contributed by atoms with van der Waals surface area (Å²) in [7, 11) is 0. The highest BCUT2D eigenvalue weighted by Crippen LogP contribution is 2.35. The van der Waals surface area contributed by atoms with Crippen LogP contribution in [0.3, 0.4) is 0 Å². The number of hydrogen-bond donors (Lipinski definition) is 1. The van der Waals surface area contributed by atoms with Gasteiger partial charge in [-0.1, -0.05) is 48.6 Å². The predicted molar refractivity (Wildman–Crippen MR) is 61.0 cm³/mol. The Morgan fingerprint density at radius 2 is 1.93 bits per heavy atom. The van der Waals surface area contributed by atoms with Gasteiger partial charge in [-0.05, 0) is 18.1 Å². The van der Waals surface area contributed by atoms with Gasteiger partial charge in [0.2, 0.25) is 0 Å². The summed E-state index contributed by atoms with van der Waals surface area (Å²) in [5.74, 6) is 0. The maximum Gasteiger partial charge on any atom is 0.152 e. The van der Waals surface area contributed by atoms with Gasteiger partial charge in [0.15, 0.2) is 5.67 Å². The van der Waals surface area contributed by atoms with Gasteiger partial charge in [-0.2, -0.15) is 0 Å². The molecule has 1 nitrogen and oxygen atoms in total. The molecule has 0 heterocycles. The Kier molecular flexibility index (Phi) is 2.45. The molecule has 0 saturated heterocycles. The molecule has 0 bridgehead atoms. The first kappa shape index (κ1) is 10.1. The molecule has 0 spiro atoms. The Hall–Kier alpha value is -1.41. The zero-order chi connectivity index (χ0) is 10.9. The van der Waals surface area contributed by atoms with Crippen LogP contribution in [0.5, 0.6) is 0 Å². The van der Waals surface area contributed by atoms with E-state index < -0.39 is 11.7 Å². The maximum absolute atomic E-state index is 14.4. The summed E-state index contributed by atoms with van der Waals surface area (Å²) < 4.78 is 14.4. The Labute approximate surface area is 89.1 Å². The highest BCUT2D eigenvalue weighted by Gasteiger charge is 2.36. The molecule has 0 aromatic heterocycles. The van der Waals surface area contributed by atoms with E-state index >= 15 is 0 Å². The zero-order valence-corrected chi connectivity index (χ0v) is 8.65. The zero-order valence-electron chi connectivity index (χ0n) is 8.65. The normalized spacial score (nSPS) is 30.1. The lowest BCUT2D eigenvalue weighted by atomic mass is 9.82. The number of halogens is 1. The Balaban J connectivity index is 2.45. The lowest BCUT2D eigenvalue weighted by Gasteiger charge is -2.30. The van der Waals surface area contributed by atoms with Gasteiger partial charge in [-0.3, -0.25) is 0 Å². The largest absolute Gasteiger partial charge is 0.322 e. The minimum absolute atomic E-state index is 0.572. The van der Waals surface area contributed by atoms with Crippen molar-refractivity contribution in [3.63, 3.8) is 0 Å². The highest BCUT2D eigenvalue weighted by atomic mass is 19.1. The summed E-state index contributed by atoms with van der Waals surface area (Å²) in [4.78, 5) is 0. The van der Waals surface area contributed by atoms with Gasteiger partial charge in [0.1, 0.15) is 0 Å². The summed E-state index contributed by atoms with van der Waals surface area (Å²) in [6.07, 6.45) is 5.29. The quantitative estimate of drug-likeness (QED) is 0.746. The minimum atomic E-state index is -1.49. The van der Waals surface area contributed by atoms with Crippen LogP contribution >= 0.6 is 0 Å². The molecule has 2 atom stereocenters. The molecule has 2 heteroatoms. The molecule has 1 aliphatic carbocycles. The monoisotopic (exact) mass is 203 g/mol. The SMILES string of the molecule is CC1(F)C(c2ccccc2)=CC=CC1N. The number of nitrogens with two attached hydrogens (primary N) is 1. The first-order chi connectivity index (χ1) is 7.12. The lowest BCUT2D eigenvalue weighted by molar-refractivity contribution is 0.245. The van der Waals surface area contributed by atoms with Crippen molar-refractivity contribution in [2.24, 2.45) is 5.73 Å². The van der Waals surface area contributed by atoms with Gasteiger partial charge in [0.25, 0.3) is 0 Å². The summed E-state index contributed by atoms with van der Waals surface area (Å²) in [5, 5.41) is 0. The predicted octanol–water partition coefficient (Wildman–Crippen LogP) is 2.70. The molecular formula is C13H14FN. The van der Waals surface area contributed by atoms with Crippen molar-refractivity contribution in [3.8, 4) is 0 Å². The first-order valence-electron chi connectivity index (χ1n) is 5.01. The number of benzene rings is 1. The van der Waals surface area contributed by atoms with Crippen molar-refractivity contribution >= 4 is 5.57 Å². The molecule has 1 aromatic rings. The van der Waals surface area contributed by atoms with Crippen LogP contribution < -0.4 is 5.73 Å². The van der Waals surface area contributed by atoms with Crippen molar-refractivity contribution in [2.75, 3.05) is 0 Å². The first-order valence-corrected chi connectivity index (χ1v) is 5.01. The molecule has 0 aliphatic heterocycles. The van der Waals surface area contributed by atoms with E-state index in [4.69, 9.17) is 5.73 Å². The van der Waals surface area contributed by atoms with Crippen LogP contribution in [0.4, 0.5) is 4.39 Å². The molecule has 78 valence electrons. The van der Waals surface area contributed by atoms with Gasteiger partial charge in [-0.15, -0.1) is 0 Å². The maximum atomic E-state index is 14.4. The fraction of sp³-hybridized carbons (Fsp3) is 0.231. The second kappa shape index (κ2) is 3.63. The van der Waals surface area contributed by atoms with Crippen molar-refractivity contribution in [1.82, 2.24) is 0 Å². The smallest absolute Gasteiger partial charge is 0.152 e. The van der Waals surface area contributed by atoms with Crippen molar-refractivity contribution in [2.45, 2.75) is 18.6 Å². The number of hydrogen-bond acceptors (Lipinski definition) is 1. The molecule has 2 rings (SSSR count). The third-order valence-corrected chi connectivity index (χ3v) is 2.82. The summed E-state index contributed by atoms with van der Waals surface area (Å²) in [6, 6.07) is 8.94. The number of alkyl halides is 1. The Morgan fingerprint density at radius 3 is 2.60 bits per heavy atom. The molecule has 0 radical (unpaired) electrons. The van der Waals surface area contributed by atoms with Crippen LogP contribution in [-0.2, 0) is 0 Å². The number of allylic oxidation sites excluding steroid dienone is 2. The fourth-order valence-electron chi connectivity index (χ4n) is 1.79. The standard InChI is InChI=1S/C13H14FN/c1-13(14)11(8-5-9-12(13)15)10-6-3-2-4-7-10/h2-9,12H,15H2,1H3. The third kappa shape index (κ3) is 1.73. The molecular weight excluding hydrogens is 189 g/mol. The van der Waals surface area contributed by atoms with Gasteiger partial charge >= 0.3 is 0 Å². The molecule has 2 unspecified atom stereocenters. The van der Waals surface area contributed by atoms with Crippen molar-refractivity contribution in [3.05, 3.63) is 54.1 Å². The molecule has 0 saturated carbocycles. The highest BCUT2D eigenvalue weighted by molar-refractivity contribution is 5.75. The molecule has 2 N–H and O–H groups in total. The Bertz CT molecular complexity index is 404. The van der Waals surface area contributed by atoms with Crippen LogP contribution in [0.2, 0.25) is 0 Å². The van der Waals surface area contributed by atoms with E-state index in [1.165, 1.54) is 6.92 Å². The van der Waals surface area contributed by atoms with E-state index in [2.05, 4.69) is 0 Å². The second-order valence-corrected chi connectivity index (χ2v) is 3.93. The topological polar surface area (TPSA) is 26.0 Å². The third-order valence-electron chi connectivity index (χ3n) is 2.82. The van der Waals surface area contributed by atoms with E-state index in [0.717, 1.165) is 5.56 Å². The molecule has 1 aliphatic rings. The van der Waals surface area contributed by atoms with E-state index in [1.807, 2.05) is 36.4 Å². The van der Waals surface area contributed by atoms with Crippen LogP contribution in [-0.4, -0.2) is 11.7 Å². The number of rotatable bonds is 1. The lowest BCUT2D eigenvalue weighted by Crippen LogP contribution is -2.42. The Morgan fingerprint density at radius 1 is 1.27 bits per heavy atom. The summed E-state index contributed by atoms with van der Waals surface area (Å²) in [6.45, 7) is 1.53. The minimum Gasteiger partial charge on any atom is -0.322 e. The van der Waals surface area contributed by atoms with E-state index in [1.54, 1.807) is 12.2 Å². The fourth-order valence-corrected chi connectivity index (χ4v) is 1.79. The summed E-state index contributed by atoms with van der Waals surface area (Å²) in [5.41, 5.74) is 5.79.